The molecule has 0 bridgehead atoms. The number of thiophene rings is 4. The van der Waals surface area contributed by atoms with Crippen LogP contribution in [0.2, 0.25) is 0 Å². The summed E-state index contributed by atoms with van der Waals surface area (Å²) in [5.74, 6) is -0.205. The molecule has 4 aromatic heterocycles. The maximum atomic E-state index is 13.4. The summed E-state index contributed by atoms with van der Waals surface area (Å²) in [6.45, 7) is 9.83. The first kappa shape index (κ1) is 20.6. The van der Waals surface area contributed by atoms with Crippen molar-refractivity contribution in [2.45, 2.75) is 34.6 Å². The average Bonchev–Trinajstić information content (AvgIpc) is 3.15. The molecule has 0 unspecified atom stereocenters. The van der Waals surface area contributed by atoms with E-state index in [4.69, 9.17) is 0 Å². The molecule has 24 heavy (non-hydrogen) atoms. The van der Waals surface area contributed by atoms with Gasteiger partial charge in [0.15, 0.2) is 0 Å². The third kappa shape index (κ3) is 3.56. The van der Waals surface area contributed by atoms with Crippen molar-refractivity contribution in [1.82, 2.24) is 0 Å². The Bertz CT molecular complexity index is 1000. The summed E-state index contributed by atoms with van der Waals surface area (Å²) >= 11 is 6.27. The van der Waals surface area contributed by atoms with Crippen molar-refractivity contribution in [2.24, 2.45) is 0 Å². The first-order valence-electron chi connectivity index (χ1n) is 7.01. The Balaban J connectivity index is 0.000000167. The van der Waals surface area contributed by atoms with Gasteiger partial charge >= 0.3 is 0 Å². The number of rotatable bonds is 0. The largest absolute Gasteiger partial charge is 0.292 e. The molecule has 0 spiro atoms. The number of halogens is 2. The standard InChI is InChI=1S/C9H9FS2.C8H6FS2.Y/c1-4-7-8(10)5(2)12-9(7)6(3)11-4;1-4-7-6(9)3-10-8(7)5(2)11-4;/h1-3H3;1-2H3;/q;-1;. The third-order valence-electron chi connectivity index (χ3n) is 3.66. The molecule has 0 aliphatic rings. The molecule has 0 saturated heterocycles. The van der Waals surface area contributed by atoms with Crippen LogP contribution in [0.25, 0.3) is 20.2 Å². The van der Waals surface area contributed by atoms with Crippen LogP contribution < -0.4 is 0 Å². The smallest absolute Gasteiger partial charge is 0.145 e. The Labute approximate surface area is 181 Å². The van der Waals surface area contributed by atoms with Crippen LogP contribution in [0, 0.1) is 51.6 Å². The van der Waals surface area contributed by atoms with E-state index >= 15 is 0 Å². The first-order valence-corrected chi connectivity index (χ1v) is 10.3. The van der Waals surface area contributed by atoms with Gasteiger partial charge in [0.05, 0.1) is 4.70 Å². The SMILES string of the molecule is Cc1sc(C)c2c(F)[c-]sc12.Cc1sc2c(C)sc(C)c2c1F.[Y]. The number of hydrogen-bond acceptors (Lipinski definition) is 4. The Kier molecular flexibility index (Phi) is 6.77. The van der Waals surface area contributed by atoms with Crippen molar-refractivity contribution in [2.75, 3.05) is 0 Å². The van der Waals surface area contributed by atoms with Gasteiger partial charge in [-0.15, -0.1) is 32.8 Å². The van der Waals surface area contributed by atoms with Gasteiger partial charge in [-0.3, -0.25) is 11.3 Å². The summed E-state index contributed by atoms with van der Waals surface area (Å²) in [5.41, 5.74) is 0. The molecule has 0 saturated carbocycles. The van der Waals surface area contributed by atoms with Crippen molar-refractivity contribution < 1.29 is 41.5 Å². The van der Waals surface area contributed by atoms with Gasteiger partial charge in [0.1, 0.15) is 5.82 Å². The second kappa shape index (κ2) is 7.89. The van der Waals surface area contributed by atoms with Gasteiger partial charge in [-0.25, -0.2) is 8.78 Å². The summed E-state index contributed by atoms with van der Waals surface area (Å²) in [5, 5.41) is 4.24. The molecule has 0 aliphatic heterocycles. The molecule has 0 aliphatic carbocycles. The summed E-state index contributed by atoms with van der Waals surface area (Å²) in [4.78, 5) is 5.40. The van der Waals surface area contributed by atoms with Gasteiger partial charge in [-0.05, 0) is 39.5 Å². The van der Waals surface area contributed by atoms with E-state index in [1.54, 1.807) is 34.0 Å². The van der Waals surface area contributed by atoms with Gasteiger partial charge < -0.3 is 0 Å². The van der Waals surface area contributed by atoms with E-state index in [-0.39, 0.29) is 44.3 Å². The minimum absolute atomic E-state index is 0. The van der Waals surface area contributed by atoms with Gasteiger partial charge in [0.25, 0.3) is 0 Å². The number of fused-ring (bicyclic) bond motifs is 2. The van der Waals surface area contributed by atoms with Crippen LogP contribution >= 0.6 is 45.3 Å². The van der Waals surface area contributed by atoms with Gasteiger partial charge in [0.2, 0.25) is 0 Å². The second-order valence-electron chi connectivity index (χ2n) is 5.33. The van der Waals surface area contributed by atoms with Crippen molar-refractivity contribution in [3.63, 3.8) is 0 Å². The molecule has 0 atom stereocenters. The fourth-order valence-electron chi connectivity index (χ4n) is 2.60. The first-order chi connectivity index (χ1) is 10.8. The van der Waals surface area contributed by atoms with E-state index in [1.807, 2.05) is 27.7 Å². The monoisotopic (exact) mass is 474 g/mol. The predicted octanol–water partition coefficient (Wildman–Crippen LogP) is 7.54. The Morgan fingerprint density at radius 2 is 1.21 bits per heavy atom. The maximum Gasteiger partial charge on any atom is 0.145 e. The van der Waals surface area contributed by atoms with Gasteiger partial charge in [-0.1, -0.05) is 10.3 Å². The second-order valence-corrected chi connectivity index (χ2v) is 10.2. The summed E-state index contributed by atoms with van der Waals surface area (Å²) in [7, 11) is 0. The molecule has 0 N–H and O–H groups in total. The predicted molar refractivity (Wildman–Crippen MR) is 102 cm³/mol. The average molecular weight is 474 g/mol. The minimum atomic E-state index is -0.188. The molecule has 125 valence electrons. The van der Waals surface area contributed by atoms with Crippen LogP contribution in [0.1, 0.15) is 24.4 Å². The van der Waals surface area contributed by atoms with Crippen LogP contribution in [-0.2, 0) is 32.7 Å². The van der Waals surface area contributed by atoms with Crippen molar-refractivity contribution in [3.8, 4) is 0 Å². The van der Waals surface area contributed by atoms with E-state index in [1.165, 1.54) is 21.1 Å². The Morgan fingerprint density at radius 1 is 0.667 bits per heavy atom. The van der Waals surface area contributed by atoms with Crippen molar-refractivity contribution in [3.05, 3.63) is 41.4 Å². The zero-order valence-corrected chi connectivity index (χ0v) is 20.1. The van der Waals surface area contributed by atoms with Crippen LogP contribution in [-0.4, -0.2) is 0 Å². The van der Waals surface area contributed by atoms with Crippen LogP contribution in [0.15, 0.2) is 0 Å². The van der Waals surface area contributed by atoms with E-state index < -0.39 is 0 Å². The quantitative estimate of drug-likeness (QED) is 0.231. The van der Waals surface area contributed by atoms with Crippen LogP contribution in [0.5, 0.6) is 0 Å². The molecule has 4 rings (SSSR count). The van der Waals surface area contributed by atoms with E-state index in [0.717, 1.165) is 34.8 Å². The van der Waals surface area contributed by atoms with Crippen LogP contribution in [0.4, 0.5) is 8.78 Å². The molecular formula is C17H15F2S4Y-. The molecule has 1 radical (unpaired) electrons. The minimum Gasteiger partial charge on any atom is -0.292 e. The molecule has 0 aromatic carbocycles. The third-order valence-corrected chi connectivity index (χ3v) is 8.15. The van der Waals surface area contributed by atoms with Gasteiger partial charge in [-0.2, -0.15) is 11.3 Å². The molecule has 7 heteroatoms. The van der Waals surface area contributed by atoms with E-state index in [0.29, 0.717) is 0 Å². The van der Waals surface area contributed by atoms with Gasteiger partial charge in [0, 0.05) is 58.5 Å². The number of hydrogen-bond donors (Lipinski definition) is 0. The molecule has 0 amide bonds. The van der Waals surface area contributed by atoms with E-state index in [2.05, 4.69) is 12.3 Å². The molecular weight excluding hydrogens is 459 g/mol. The van der Waals surface area contributed by atoms with Crippen molar-refractivity contribution >= 4 is 65.5 Å². The molecule has 4 heterocycles. The summed E-state index contributed by atoms with van der Waals surface area (Å²) in [6, 6.07) is 0. The Morgan fingerprint density at radius 3 is 1.75 bits per heavy atom. The fraction of sp³-hybridized carbons (Fsp3) is 0.294. The van der Waals surface area contributed by atoms with Crippen LogP contribution in [0.3, 0.4) is 0 Å². The normalized spacial score (nSPS) is 10.8. The summed E-state index contributed by atoms with van der Waals surface area (Å²) < 4.78 is 28.6. The molecule has 4 aromatic rings. The topological polar surface area (TPSA) is 0 Å². The van der Waals surface area contributed by atoms with Crippen molar-refractivity contribution in [1.29, 1.82) is 0 Å². The number of aryl methyl sites for hydroxylation is 5. The van der Waals surface area contributed by atoms with E-state index in [9.17, 15) is 8.78 Å². The Hall–Kier alpha value is 0.284. The zero-order valence-electron chi connectivity index (χ0n) is 14.0. The maximum absolute atomic E-state index is 13.4. The summed E-state index contributed by atoms with van der Waals surface area (Å²) in [6.07, 6.45) is 0. The zero-order chi connectivity index (χ0) is 16.9. The molecule has 0 fully saturated rings. The fourth-order valence-corrected chi connectivity index (χ4v) is 6.89. The molecule has 0 nitrogen and oxygen atoms in total.